The standard InChI is InChI=1S/C34H33P/c1-2-12-28-19-23-30(24-20-28)31-25-21-29(22-26-31)27-35(32-13-6-3-7-14-32,33-15-8-4-9-16-33)34-17-10-5-11-18-34/h3-11,13-26,35H,2,12,27H2,1H3. The molecule has 5 rings (SSSR count). The van der Waals surface area contributed by atoms with Gasteiger partial charge >= 0.3 is 211 Å². The van der Waals surface area contributed by atoms with Crippen molar-refractivity contribution in [3.63, 3.8) is 0 Å². The van der Waals surface area contributed by atoms with Gasteiger partial charge in [0.05, 0.1) is 0 Å². The molecule has 5 aromatic rings. The molecule has 0 aliphatic heterocycles. The van der Waals surface area contributed by atoms with Crippen molar-refractivity contribution in [2.75, 3.05) is 0 Å². The summed E-state index contributed by atoms with van der Waals surface area (Å²) in [5, 5.41) is 4.36. The van der Waals surface area contributed by atoms with E-state index in [4.69, 9.17) is 0 Å². The Morgan fingerprint density at radius 1 is 0.429 bits per heavy atom. The summed E-state index contributed by atoms with van der Waals surface area (Å²) in [5.41, 5.74) is 5.37. The molecule has 0 amide bonds. The summed E-state index contributed by atoms with van der Waals surface area (Å²) in [7, 11) is -2.28. The second-order valence-corrected chi connectivity index (χ2v) is 13.2. The van der Waals surface area contributed by atoms with E-state index in [1.54, 1.807) is 0 Å². The molecule has 0 spiro atoms. The summed E-state index contributed by atoms with van der Waals surface area (Å²) in [5.74, 6) is 0. The molecule has 0 aliphatic carbocycles. The Hall–Kier alpha value is -3.47. The molecule has 0 bridgehead atoms. The van der Waals surface area contributed by atoms with Gasteiger partial charge in [0, 0.05) is 0 Å². The van der Waals surface area contributed by atoms with Crippen molar-refractivity contribution in [3.05, 3.63) is 151 Å². The SMILES string of the molecule is CCCc1ccc(-c2ccc(C[PH](c3ccccc3)(c3ccccc3)c3ccccc3)cc2)cc1. The first-order valence-electron chi connectivity index (χ1n) is 12.6. The Morgan fingerprint density at radius 3 is 1.17 bits per heavy atom. The van der Waals surface area contributed by atoms with Gasteiger partial charge in [0.1, 0.15) is 0 Å². The number of hydrogen-bond donors (Lipinski definition) is 0. The van der Waals surface area contributed by atoms with Crippen LogP contribution in [-0.2, 0) is 12.6 Å². The Morgan fingerprint density at radius 2 is 0.800 bits per heavy atom. The van der Waals surface area contributed by atoms with Gasteiger partial charge < -0.3 is 0 Å². The number of benzene rings is 5. The summed E-state index contributed by atoms with van der Waals surface area (Å²) >= 11 is 0. The quantitative estimate of drug-likeness (QED) is 0.205. The fourth-order valence-electron chi connectivity index (χ4n) is 5.25. The molecule has 0 saturated carbocycles. The topological polar surface area (TPSA) is 0 Å². The second-order valence-electron chi connectivity index (χ2n) is 9.32. The van der Waals surface area contributed by atoms with E-state index < -0.39 is 7.26 Å². The molecule has 0 nitrogen and oxygen atoms in total. The van der Waals surface area contributed by atoms with Crippen molar-refractivity contribution in [3.8, 4) is 11.1 Å². The van der Waals surface area contributed by atoms with E-state index in [1.165, 1.54) is 44.6 Å². The van der Waals surface area contributed by atoms with Crippen LogP contribution in [0.3, 0.4) is 0 Å². The summed E-state index contributed by atoms with van der Waals surface area (Å²) < 4.78 is 0. The Bertz CT molecular complexity index is 1230. The first-order chi connectivity index (χ1) is 17.3. The van der Waals surface area contributed by atoms with Crippen LogP contribution in [0.2, 0.25) is 0 Å². The van der Waals surface area contributed by atoms with Crippen molar-refractivity contribution in [1.82, 2.24) is 0 Å². The molecule has 0 atom stereocenters. The van der Waals surface area contributed by atoms with Crippen LogP contribution < -0.4 is 15.9 Å². The second kappa shape index (κ2) is 10.9. The Kier molecular flexibility index (Phi) is 7.22. The molecule has 174 valence electrons. The zero-order chi connectivity index (χ0) is 23.9. The molecule has 1 heteroatoms. The third kappa shape index (κ3) is 5.00. The van der Waals surface area contributed by atoms with E-state index >= 15 is 0 Å². The van der Waals surface area contributed by atoms with Crippen molar-refractivity contribution < 1.29 is 0 Å². The number of rotatable bonds is 8. The molecule has 35 heavy (non-hydrogen) atoms. The van der Waals surface area contributed by atoms with E-state index in [0.717, 1.165) is 12.6 Å². The van der Waals surface area contributed by atoms with Crippen molar-refractivity contribution in [2.24, 2.45) is 0 Å². The van der Waals surface area contributed by atoms with E-state index in [1.807, 2.05) is 0 Å². The van der Waals surface area contributed by atoms with E-state index in [9.17, 15) is 0 Å². The average molecular weight is 473 g/mol. The van der Waals surface area contributed by atoms with Crippen LogP contribution in [0, 0.1) is 0 Å². The minimum atomic E-state index is -2.28. The predicted octanol–water partition coefficient (Wildman–Crippen LogP) is 7.53. The number of hydrogen-bond acceptors (Lipinski definition) is 0. The van der Waals surface area contributed by atoms with Gasteiger partial charge in [-0.05, 0) is 0 Å². The third-order valence-corrected chi connectivity index (χ3v) is 11.9. The summed E-state index contributed by atoms with van der Waals surface area (Å²) in [6.45, 7) is 2.23. The van der Waals surface area contributed by atoms with E-state index in [0.29, 0.717) is 0 Å². The van der Waals surface area contributed by atoms with Crippen LogP contribution in [0.15, 0.2) is 140 Å². The molecule has 0 aliphatic rings. The third-order valence-electron chi connectivity index (χ3n) is 7.05. The average Bonchev–Trinajstić information content (AvgIpc) is 2.94. The van der Waals surface area contributed by atoms with Gasteiger partial charge in [-0.3, -0.25) is 0 Å². The summed E-state index contributed by atoms with van der Waals surface area (Å²) in [4.78, 5) is 0. The van der Waals surface area contributed by atoms with Crippen molar-refractivity contribution >= 4 is 23.2 Å². The summed E-state index contributed by atoms with van der Waals surface area (Å²) in [6, 6.07) is 51.8. The van der Waals surface area contributed by atoms with Crippen LogP contribution in [-0.4, -0.2) is 0 Å². The maximum atomic E-state index is 2.34. The summed E-state index contributed by atoms with van der Waals surface area (Å²) in [6.07, 6.45) is 3.36. The van der Waals surface area contributed by atoms with Crippen LogP contribution in [0.5, 0.6) is 0 Å². The van der Waals surface area contributed by atoms with Gasteiger partial charge in [-0.15, -0.1) is 0 Å². The van der Waals surface area contributed by atoms with Crippen molar-refractivity contribution in [2.45, 2.75) is 25.9 Å². The Labute approximate surface area is 210 Å². The van der Waals surface area contributed by atoms with E-state index in [-0.39, 0.29) is 0 Å². The first kappa shape index (κ1) is 23.3. The van der Waals surface area contributed by atoms with Crippen LogP contribution in [0.4, 0.5) is 0 Å². The van der Waals surface area contributed by atoms with Crippen LogP contribution >= 0.6 is 7.26 Å². The zero-order valence-electron chi connectivity index (χ0n) is 20.4. The molecule has 0 radical (unpaired) electrons. The zero-order valence-corrected chi connectivity index (χ0v) is 21.4. The molecule has 0 saturated heterocycles. The molecular weight excluding hydrogens is 439 g/mol. The molecule has 0 aromatic heterocycles. The van der Waals surface area contributed by atoms with Crippen molar-refractivity contribution in [1.29, 1.82) is 0 Å². The molecule has 0 unspecified atom stereocenters. The van der Waals surface area contributed by atoms with Gasteiger partial charge in [-0.25, -0.2) is 0 Å². The van der Waals surface area contributed by atoms with Crippen LogP contribution in [0.1, 0.15) is 24.5 Å². The first-order valence-corrected chi connectivity index (χ1v) is 14.8. The fraction of sp³-hybridized carbons (Fsp3) is 0.118. The van der Waals surface area contributed by atoms with Crippen LogP contribution in [0.25, 0.3) is 11.1 Å². The predicted molar refractivity (Wildman–Crippen MR) is 156 cm³/mol. The molecular formula is C34H33P. The molecule has 5 aromatic carbocycles. The Balaban J connectivity index is 1.57. The van der Waals surface area contributed by atoms with Gasteiger partial charge in [0.25, 0.3) is 0 Å². The minimum absolute atomic E-state index is 1.03. The van der Waals surface area contributed by atoms with Gasteiger partial charge in [-0.1, -0.05) is 0 Å². The van der Waals surface area contributed by atoms with Gasteiger partial charge in [-0.2, -0.15) is 0 Å². The number of aryl methyl sites for hydroxylation is 1. The van der Waals surface area contributed by atoms with Gasteiger partial charge in [0.2, 0.25) is 0 Å². The molecule has 0 fully saturated rings. The van der Waals surface area contributed by atoms with Gasteiger partial charge in [0.15, 0.2) is 0 Å². The normalized spacial score (nSPS) is 11.8. The molecule has 0 N–H and O–H groups in total. The molecule has 0 heterocycles. The fourth-order valence-corrected chi connectivity index (χ4v) is 9.99. The van der Waals surface area contributed by atoms with E-state index in [2.05, 4.69) is 146 Å². The monoisotopic (exact) mass is 472 g/mol. The maximum absolute atomic E-state index is 2.34.